The number of hydrogen-bond donors (Lipinski definition) is 0. The van der Waals surface area contributed by atoms with Gasteiger partial charge in [-0.1, -0.05) is 0 Å². The number of pyridine rings is 1. The third kappa shape index (κ3) is 3.72. The summed E-state index contributed by atoms with van der Waals surface area (Å²) in [6, 6.07) is 9.61. The highest BCUT2D eigenvalue weighted by atomic mass is 19.1. The summed E-state index contributed by atoms with van der Waals surface area (Å²) in [4.78, 5) is 25.6. The van der Waals surface area contributed by atoms with Crippen LogP contribution >= 0.6 is 0 Å². The lowest BCUT2D eigenvalue weighted by Gasteiger charge is -2.45. The van der Waals surface area contributed by atoms with Gasteiger partial charge >= 0.3 is 6.03 Å². The molecule has 7 heteroatoms. The van der Waals surface area contributed by atoms with Gasteiger partial charge in [-0.25, -0.2) is 9.18 Å². The summed E-state index contributed by atoms with van der Waals surface area (Å²) in [6.45, 7) is 4.75. The van der Waals surface area contributed by atoms with Gasteiger partial charge in [0.05, 0.1) is 11.9 Å². The quantitative estimate of drug-likeness (QED) is 0.718. The number of likely N-dealkylation sites (tertiary alicyclic amines) is 1. The third-order valence-corrected chi connectivity index (χ3v) is 7.64. The third-order valence-electron chi connectivity index (χ3n) is 7.64. The van der Waals surface area contributed by atoms with Crippen molar-refractivity contribution in [3.63, 3.8) is 0 Å². The van der Waals surface area contributed by atoms with E-state index in [1.807, 2.05) is 23.4 Å². The van der Waals surface area contributed by atoms with E-state index >= 15 is 0 Å². The highest BCUT2D eigenvalue weighted by Crippen LogP contribution is 2.48. The largest absolute Gasteiger partial charge is 0.370 e. The maximum absolute atomic E-state index is 14.2. The van der Waals surface area contributed by atoms with Gasteiger partial charge in [0, 0.05) is 57.1 Å². The van der Waals surface area contributed by atoms with Gasteiger partial charge in [0.2, 0.25) is 0 Å². The molecule has 0 aliphatic carbocycles. The lowest BCUT2D eigenvalue weighted by molar-refractivity contribution is 0.104. The van der Waals surface area contributed by atoms with E-state index in [9.17, 15) is 9.18 Å². The molecule has 3 aliphatic heterocycles. The Morgan fingerprint density at radius 2 is 1.88 bits per heavy atom. The molecule has 5 rings (SSSR count). The maximum Gasteiger partial charge on any atom is 0.323 e. The zero-order chi connectivity index (χ0) is 22.3. The second-order valence-corrected chi connectivity index (χ2v) is 9.67. The van der Waals surface area contributed by atoms with Crippen LogP contribution in [0.5, 0.6) is 0 Å². The van der Waals surface area contributed by atoms with Gasteiger partial charge in [-0.05, 0) is 74.7 Å². The molecule has 2 amide bonds. The van der Waals surface area contributed by atoms with Crippen molar-refractivity contribution in [2.75, 3.05) is 56.6 Å². The monoisotopic (exact) mass is 437 g/mol. The van der Waals surface area contributed by atoms with Gasteiger partial charge < -0.3 is 14.7 Å². The minimum atomic E-state index is -0.215. The molecule has 3 aliphatic rings. The molecule has 0 unspecified atom stereocenters. The summed E-state index contributed by atoms with van der Waals surface area (Å²) in [5.74, 6) is -0.215. The zero-order valence-electron chi connectivity index (χ0n) is 19.0. The molecule has 0 radical (unpaired) electrons. The van der Waals surface area contributed by atoms with E-state index in [1.54, 1.807) is 31.1 Å². The first-order valence-electron chi connectivity index (χ1n) is 11.6. The SMILES string of the molecule is CN(C)C(=O)N1CC2(CCN(C3CCN(c4cccnc4)CC3)CC2)c2cc(F)ccc21. The van der Waals surface area contributed by atoms with Crippen LogP contribution in [0.2, 0.25) is 0 Å². The van der Waals surface area contributed by atoms with E-state index in [1.165, 1.54) is 11.8 Å². The molecule has 2 fully saturated rings. The van der Waals surface area contributed by atoms with E-state index in [0.717, 1.165) is 63.1 Å². The van der Waals surface area contributed by atoms with E-state index in [2.05, 4.69) is 20.9 Å². The number of benzene rings is 1. The van der Waals surface area contributed by atoms with Crippen molar-refractivity contribution in [3.05, 3.63) is 54.1 Å². The first-order valence-corrected chi connectivity index (χ1v) is 11.6. The fraction of sp³-hybridized carbons (Fsp3) is 0.520. The number of urea groups is 1. The molecule has 170 valence electrons. The molecule has 2 aromatic rings. The van der Waals surface area contributed by atoms with Crippen LogP contribution in [-0.4, -0.2) is 73.7 Å². The van der Waals surface area contributed by atoms with Crippen molar-refractivity contribution < 1.29 is 9.18 Å². The van der Waals surface area contributed by atoms with Crippen LogP contribution in [0.25, 0.3) is 0 Å². The summed E-state index contributed by atoms with van der Waals surface area (Å²) in [5, 5.41) is 0. The Morgan fingerprint density at radius 3 is 2.53 bits per heavy atom. The van der Waals surface area contributed by atoms with Crippen LogP contribution < -0.4 is 9.80 Å². The molecule has 0 saturated carbocycles. The van der Waals surface area contributed by atoms with E-state index < -0.39 is 0 Å². The summed E-state index contributed by atoms with van der Waals surface area (Å²) in [5.41, 5.74) is 2.96. The Bertz CT molecular complexity index is 966. The van der Waals surface area contributed by atoms with Crippen molar-refractivity contribution in [2.45, 2.75) is 37.1 Å². The lowest BCUT2D eigenvalue weighted by Crippen LogP contribution is -2.52. The van der Waals surface area contributed by atoms with Crippen LogP contribution in [0, 0.1) is 5.82 Å². The van der Waals surface area contributed by atoms with Gasteiger partial charge in [0.25, 0.3) is 0 Å². The average molecular weight is 438 g/mol. The van der Waals surface area contributed by atoms with Gasteiger partial charge in [-0.3, -0.25) is 9.88 Å². The number of carbonyl (C=O) groups excluding carboxylic acids is 1. The fourth-order valence-electron chi connectivity index (χ4n) is 5.83. The van der Waals surface area contributed by atoms with Gasteiger partial charge in [0.1, 0.15) is 5.82 Å². The average Bonchev–Trinajstić information content (AvgIpc) is 3.13. The number of rotatable bonds is 2. The van der Waals surface area contributed by atoms with E-state index in [0.29, 0.717) is 12.6 Å². The molecule has 0 atom stereocenters. The van der Waals surface area contributed by atoms with Crippen LogP contribution in [0.4, 0.5) is 20.6 Å². The topological polar surface area (TPSA) is 42.9 Å². The molecule has 1 aromatic carbocycles. The molecule has 1 spiro atoms. The molecular formula is C25H32FN5O. The summed E-state index contributed by atoms with van der Waals surface area (Å²) in [6.07, 6.45) is 7.99. The van der Waals surface area contributed by atoms with Gasteiger partial charge in [-0.15, -0.1) is 0 Å². The van der Waals surface area contributed by atoms with Crippen molar-refractivity contribution >= 4 is 17.4 Å². The first kappa shape index (κ1) is 21.2. The number of anilines is 2. The van der Waals surface area contributed by atoms with Crippen LogP contribution in [0.15, 0.2) is 42.7 Å². The highest BCUT2D eigenvalue weighted by molar-refractivity contribution is 5.95. The van der Waals surface area contributed by atoms with Crippen LogP contribution in [0.3, 0.4) is 0 Å². The smallest absolute Gasteiger partial charge is 0.323 e. The minimum absolute atomic E-state index is 0.0278. The number of halogens is 1. The summed E-state index contributed by atoms with van der Waals surface area (Å²) in [7, 11) is 3.55. The van der Waals surface area contributed by atoms with Crippen molar-refractivity contribution in [1.82, 2.24) is 14.8 Å². The second-order valence-electron chi connectivity index (χ2n) is 9.67. The van der Waals surface area contributed by atoms with Crippen molar-refractivity contribution in [1.29, 1.82) is 0 Å². The Morgan fingerprint density at radius 1 is 1.12 bits per heavy atom. The molecule has 6 nitrogen and oxygen atoms in total. The normalized spacial score (nSPS) is 21.1. The fourth-order valence-corrected chi connectivity index (χ4v) is 5.83. The standard InChI is InChI=1S/C25H32FN5O/c1-28(2)24(32)31-18-25(22-16-19(26)5-6-23(22)31)9-14-30(15-10-25)20-7-12-29(13-8-20)21-4-3-11-27-17-21/h3-6,11,16-17,20H,7-10,12-15,18H2,1-2H3. The number of nitrogens with zero attached hydrogens (tertiary/aromatic N) is 5. The zero-order valence-corrected chi connectivity index (χ0v) is 19.0. The van der Waals surface area contributed by atoms with Gasteiger partial charge in [-0.2, -0.15) is 0 Å². The summed E-state index contributed by atoms with van der Waals surface area (Å²) < 4.78 is 14.2. The molecule has 1 aromatic heterocycles. The molecule has 0 N–H and O–H groups in total. The van der Waals surface area contributed by atoms with Crippen molar-refractivity contribution in [2.24, 2.45) is 0 Å². The maximum atomic E-state index is 14.2. The Labute approximate surface area is 189 Å². The summed E-state index contributed by atoms with van der Waals surface area (Å²) >= 11 is 0. The molecular weight excluding hydrogens is 405 g/mol. The number of piperidine rings is 2. The first-order chi connectivity index (χ1) is 15.5. The lowest BCUT2D eigenvalue weighted by atomic mass is 9.74. The molecule has 0 bridgehead atoms. The number of fused-ring (bicyclic) bond motifs is 2. The van der Waals surface area contributed by atoms with Crippen molar-refractivity contribution in [3.8, 4) is 0 Å². The predicted molar refractivity (Wildman–Crippen MR) is 125 cm³/mol. The number of aromatic nitrogens is 1. The Kier molecular flexibility index (Phi) is 5.53. The van der Waals surface area contributed by atoms with Gasteiger partial charge in [0.15, 0.2) is 0 Å². The van der Waals surface area contributed by atoms with Crippen LogP contribution in [-0.2, 0) is 5.41 Å². The number of hydrogen-bond acceptors (Lipinski definition) is 4. The molecule has 32 heavy (non-hydrogen) atoms. The minimum Gasteiger partial charge on any atom is -0.370 e. The van der Waals surface area contributed by atoms with Crippen LogP contribution in [0.1, 0.15) is 31.2 Å². The Balaban J connectivity index is 1.26. The number of carbonyl (C=O) groups is 1. The Hall–Kier alpha value is -2.67. The van der Waals surface area contributed by atoms with E-state index in [-0.39, 0.29) is 17.3 Å². The highest BCUT2D eigenvalue weighted by Gasteiger charge is 2.47. The molecule has 2 saturated heterocycles. The van der Waals surface area contributed by atoms with E-state index in [4.69, 9.17) is 0 Å². The predicted octanol–water partition coefficient (Wildman–Crippen LogP) is 3.72. The number of amides is 2. The second kappa shape index (κ2) is 8.35. The molecule has 4 heterocycles.